The van der Waals surface area contributed by atoms with E-state index >= 15 is 0 Å². The molecule has 2 atom stereocenters. The highest BCUT2D eigenvalue weighted by molar-refractivity contribution is 6.30. The van der Waals surface area contributed by atoms with Gasteiger partial charge in [-0.1, -0.05) is 83.9 Å². The van der Waals surface area contributed by atoms with Gasteiger partial charge in [0.05, 0.1) is 44.5 Å². The van der Waals surface area contributed by atoms with E-state index in [1.54, 1.807) is 34.3 Å². The monoisotopic (exact) mass is 804 g/mol. The minimum atomic E-state index is -1.01. The van der Waals surface area contributed by atoms with Crippen LogP contribution in [0.15, 0.2) is 97.3 Å². The molecule has 4 aromatic rings. The third-order valence-electron chi connectivity index (χ3n) is 9.99. The minimum absolute atomic E-state index is 0.299. The first-order valence-electron chi connectivity index (χ1n) is 19.1. The summed E-state index contributed by atoms with van der Waals surface area (Å²) in [6, 6.07) is 27.0. The quantitative estimate of drug-likeness (QED) is 0.198. The molecule has 6 rings (SSSR count). The molecule has 10 nitrogen and oxygen atoms in total. The van der Waals surface area contributed by atoms with Gasteiger partial charge in [-0.25, -0.2) is 9.59 Å². The van der Waals surface area contributed by atoms with Gasteiger partial charge in [-0.2, -0.15) is 0 Å². The molecule has 0 radical (unpaired) electrons. The van der Waals surface area contributed by atoms with Gasteiger partial charge in [-0.15, -0.1) is 0 Å². The first-order chi connectivity index (χ1) is 26.4. The molecule has 2 aromatic carbocycles. The molecule has 0 aliphatic carbocycles. The van der Waals surface area contributed by atoms with Crippen LogP contribution in [0.4, 0.5) is 9.59 Å². The number of ether oxygens (including phenoxy) is 2. The summed E-state index contributed by atoms with van der Waals surface area (Å²) in [4.78, 5) is 37.0. The topological polar surface area (TPSA) is 125 Å². The molecule has 2 aliphatic rings. The zero-order valence-corrected chi connectivity index (χ0v) is 34.6. The van der Waals surface area contributed by atoms with Crippen LogP contribution in [0.5, 0.6) is 0 Å². The molecule has 2 amide bonds. The minimum Gasteiger partial charge on any atom is -0.444 e. The number of piperidine rings is 2. The summed E-state index contributed by atoms with van der Waals surface area (Å²) in [6.45, 7) is 12.8. The molecular formula is C44H54Cl2N4O6. The fourth-order valence-corrected chi connectivity index (χ4v) is 7.53. The van der Waals surface area contributed by atoms with Gasteiger partial charge in [0.15, 0.2) is 0 Å². The number of carbonyl (C=O) groups is 2. The largest absolute Gasteiger partial charge is 0.444 e. The molecule has 2 aromatic heterocycles. The van der Waals surface area contributed by atoms with Crippen molar-refractivity contribution in [2.75, 3.05) is 26.2 Å². The summed E-state index contributed by atoms with van der Waals surface area (Å²) < 4.78 is 10.9. The predicted molar refractivity (Wildman–Crippen MR) is 219 cm³/mol. The van der Waals surface area contributed by atoms with Gasteiger partial charge in [-0.05, 0) is 103 Å². The van der Waals surface area contributed by atoms with E-state index in [9.17, 15) is 19.8 Å². The van der Waals surface area contributed by atoms with Crippen molar-refractivity contribution >= 4 is 35.4 Å². The Bertz CT molecular complexity index is 1730. The van der Waals surface area contributed by atoms with Crippen molar-refractivity contribution in [1.82, 2.24) is 19.8 Å². The number of nitrogens with zero attached hydrogens (tertiary/aromatic N) is 4. The Hall–Kier alpha value is -4.22. The van der Waals surface area contributed by atoms with Crippen molar-refractivity contribution in [3.8, 4) is 0 Å². The molecule has 2 aliphatic heterocycles. The van der Waals surface area contributed by atoms with Crippen molar-refractivity contribution in [3.05, 3.63) is 130 Å². The lowest BCUT2D eigenvalue weighted by Crippen LogP contribution is -2.51. The standard InChI is InChI=1S/2C22H27ClN2O3/c2*1-21(2,3)28-20(26)25-13-11-22(27,12-14-25)19(16-7-5-4-6-8-16)18-10-9-17(23)15-24-18/h2*4-10,15,19,27H,11-14H2,1-3H3/t19-;/m1./s1. The van der Waals surface area contributed by atoms with E-state index in [2.05, 4.69) is 9.97 Å². The Labute approximate surface area is 340 Å². The van der Waals surface area contributed by atoms with Crippen molar-refractivity contribution < 1.29 is 29.3 Å². The van der Waals surface area contributed by atoms with Crippen LogP contribution in [0.2, 0.25) is 10.0 Å². The van der Waals surface area contributed by atoms with Crippen LogP contribution in [0.25, 0.3) is 0 Å². The molecule has 2 fully saturated rings. The van der Waals surface area contributed by atoms with Crippen LogP contribution in [0, 0.1) is 0 Å². The maximum atomic E-state index is 12.4. The van der Waals surface area contributed by atoms with E-state index in [1.165, 1.54) is 0 Å². The Balaban J connectivity index is 0.000000214. The van der Waals surface area contributed by atoms with Gasteiger partial charge < -0.3 is 29.5 Å². The normalized spacial score (nSPS) is 17.8. The van der Waals surface area contributed by atoms with Gasteiger partial charge in [0.25, 0.3) is 0 Å². The summed E-state index contributed by atoms with van der Waals surface area (Å²) in [5, 5.41) is 24.3. The second-order valence-electron chi connectivity index (χ2n) is 16.6. The van der Waals surface area contributed by atoms with Crippen molar-refractivity contribution in [2.24, 2.45) is 0 Å². The van der Waals surface area contributed by atoms with E-state index in [0.29, 0.717) is 61.9 Å². The second kappa shape index (κ2) is 17.9. The number of rotatable bonds is 6. The second-order valence-corrected chi connectivity index (χ2v) is 17.5. The number of amides is 2. The van der Waals surface area contributed by atoms with Crippen LogP contribution in [-0.2, 0) is 9.47 Å². The molecule has 300 valence electrons. The van der Waals surface area contributed by atoms with Gasteiger partial charge >= 0.3 is 12.2 Å². The Kier molecular flexibility index (Phi) is 13.7. The Morgan fingerprint density at radius 3 is 1.18 bits per heavy atom. The lowest BCUT2D eigenvalue weighted by Gasteiger charge is -2.43. The predicted octanol–water partition coefficient (Wildman–Crippen LogP) is 9.26. The van der Waals surface area contributed by atoms with E-state index in [1.807, 2.05) is 114 Å². The molecule has 0 saturated carbocycles. The Morgan fingerprint density at radius 1 is 0.589 bits per heavy atom. The summed E-state index contributed by atoms with van der Waals surface area (Å²) in [6.07, 6.45) is 4.29. The molecule has 1 unspecified atom stereocenters. The smallest absolute Gasteiger partial charge is 0.410 e. The van der Waals surface area contributed by atoms with Crippen LogP contribution >= 0.6 is 23.2 Å². The van der Waals surface area contributed by atoms with Gasteiger partial charge in [0, 0.05) is 38.6 Å². The molecule has 56 heavy (non-hydrogen) atoms. The zero-order chi connectivity index (χ0) is 40.7. The summed E-state index contributed by atoms with van der Waals surface area (Å²) in [7, 11) is 0. The molecule has 2 saturated heterocycles. The molecule has 4 heterocycles. The van der Waals surface area contributed by atoms with Crippen LogP contribution in [0.1, 0.15) is 102 Å². The maximum Gasteiger partial charge on any atom is 0.410 e. The molecule has 0 bridgehead atoms. The molecular weight excluding hydrogens is 751 g/mol. The summed E-state index contributed by atoms with van der Waals surface area (Å²) in [5.41, 5.74) is 0.417. The van der Waals surface area contributed by atoms with Crippen molar-refractivity contribution in [2.45, 2.75) is 101 Å². The number of hydrogen-bond acceptors (Lipinski definition) is 8. The fraction of sp³-hybridized carbons (Fsp3) is 0.455. The number of pyridine rings is 2. The zero-order valence-electron chi connectivity index (χ0n) is 33.1. The lowest BCUT2D eigenvalue weighted by molar-refractivity contribution is -0.0429. The first kappa shape index (κ1) is 42.9. The summed E-state index contributed by atoms with van der Waals surface area (Å²) >= 11 is 12.0. The average molecular weight is 806 g/mol. The van der Waals surface area contributed by atoms with Gasteiger partial charge in [0.2, 0.25) is 0 Å². The van der Waals surface area contributed by atoms with E-state index in [4.69, 9.17) is 32.7 Å². The number of benzene rings is 2. The number of hydrogen-bond donors (Lipinski definition) is 2. The third kappa shape index (κ3) is 11.4. The van der Waals surface area contributed by atoms with Gasteiger partial charge in [0.1, 0.15) is 11.2 Å². The molecule has 2 N–H and O–H groups in total. The highest BCUT2D eigenvalue weighted by atomic mass is 35.5. The number of halogens is 2. The van der Waals surface area contributed by atoms with E-state index in [0.717, 1.165) is 22.5 Å². The fourth-order valence-electron chi connectivity index (χ4n) is 7.30. The van der Waals surface area contributed by atoms with E-state index in [-0.39, 0.29) is 24.0 Å². The number of aliphatic hydroxyl groups is 2. The number of aromatic nitrogens is 2. The number of carbonyl (C=O) groups excluding carboxylic acids is 2. The highest BCUT2D eigenvalue weighted by Crippen LogP contribution is 2.42. The van der Waals surface area contributed by atoms with Crippen LogP contribution in [0.3, 0.4) is 0 Å². The average Bonchev–Trinajstić information content (AvgIpc) is 3.14. The van der Waals surface area contributed by atoms with E-state index < -0.39 is 22.4 Å². The molecule has 12 heteroatoms. The number of likely N-dealkylation sites (tertiary alicyclic amines) is 2. The van der Waals surface area contributed by atoms with Gasteiger partial charge in [-0.3, -0.25) is 9.97 Å². The highest BCUT2D eigenvalue weighted by Gasteiger charge is 2.45. The Morgan fingerprint density at radius 2 is 0.911 bits per heavy atom. The lowest BCUT2D eigenvalue weighted by atomic mass is 9.74. The molecule has 0 spiro atoms. The SMILES string of the molecule is CC(C)(C)OC(=O)N1CCC(O)(C(c2ccccc2)c2ccc(Cl)cn2)CC1.CC(C)(C)OC(=O)N1CCC(O)([C@H](c2ccccc2)c2ccc(Cl)cn2)CC1. The van der Waals surface area contributed by atoms with Crippen LogP contribution in [-0.4, -0.2) is 90.8 Å². The first-order valence-corrected chi connectivity index (χ1v) is 19.8. The maximum absolute atomic E-state index is 12.4. The van der Waals surface area contributed by atoms with Crippen molar-refractivity contribution in [3.63, 3.8) is 0 Å². The van der Waals surface area contributed by atoms with Crippen LogP contribution < -0.4 is 0 Å². The third-order valence-corrected chi connectivity index (χ3v) is 10.4. The van der Waals surface area contributed by atoms with Crippen molar-refractivity contribution in [1.29, 1.82) is 0 Å². The summed E-state index contributed by atoms with van der Waals surface area (Å²) in [5.74, 6) is -0.599.